The smallest absolute Gasteiger partial charge is 0.261 e. The van der Waals surface area contributed by atoms with Crippen molar-refractivity contribution >= 4 is 11.8 Å². The second kappa shape index (κ2) is 10.6. The van der Waals surface area contributed by atoms with Gasteiger partial charge in [0.05, 0.1) is 46.6 Å². The number of aryl methyl sites for hydroxylation is 2. The van der Waals surface area contributed by atoms with Gasteiger partial charge in [0.15, 0.2) is 0 Å². The number of aromatic nitrogens is 2. The molecular weight excluding hydrogens is 462 g/mol. The van der Waals surface area contributed by atoms with E-state index in [1.807, 2.05) is 24.5 Å². The van der Waals surface area contributed by atoms with Crippen molar-refractivity contribution in [2.24, 2.45) is 5.92 Å². The van der Waals surface area contributed by atoms with E-state index < -0.39 is 0 Å². The Kier molecular flexibility index (Phi) is 7.11. The number of carbonyl (C=O) groups excluding carboxylic acids is 2. The Labute approximate surface area is 217 Å². The number of hydrogen-bond donors (Lipinski definition) is 0. The first-order valence-corrected chi connectivity index (χ1v) is 12.9. The van der Waals surface area contributed by atoms with E-state index in [1.165, 1.54) is 4.90 Å². The highest BCUT2D eigenvalue weighted by Crippen LogP contribution is 2.44. The number of benzene rings is 1. The molecule has 2 amide bonds. The van der Waals surface area contributed by atoms with Crippen LogP contribution in [0.2, 0.25) is 0 Å². The van der Waals surface area contributed by atoms with E-state index in [0.29, 0.717) is 24.1 Å². The van der Waals surface area contributed by atoms with Crippen molar-refractivity contribution in [2.75, 3.05) is 13.1 Å². The summed E-state index contributed by atoms with van der Waals surface area (Å²) in [5.41, 5.74) is 5.20. The van der Waals surface area contributed by atoms with E-state index in [1.54, 1.807) is 24.3 Å². The summed E-state index contributed by atoms with van der Waals surface area (Å²) in [7, 11) is 0. The molecule has 0 aliphatic carbocycles. The van der Waals surface area contributed by atoms with Crippen LogP contribution >= 0.6 is 0 Å². The predicted molar refractivity (Wildman–Crippen MR) is 140 cm³/mol. The molecule has 0 unspecified atom stereocenters. The summed E-state index contributed by atoms with van der Waals surface area (Å²) in [5.74, 6) is -0.508. The molecule has 0 spiro atoms. The minimum atomic E-state index is -0.209. The molecule has 0 N–H and O–H groups in total. The van der Waals surface area contributed by atoms with E-state index in [9.17, 15) is 14.9 Å². The summed E-state index contributed by atoms with van der Waals surface area (Å²) in [4.78, 5) is 38.8. The lowest BCUT2D eigenvalue weighted by Gasteiger charge is -2.44. The van der Waals surface area contributed by atoms with Crippen LogP contribution < -0.4 is 0 Å². The van der Waals surface area contributed by atoms with Gasteiger partial charge in [-0.05, 0) is 81.5 Å². The Hall–Kier alpha value is -3.89. The Bertz CT molecular complexity index is 1270. The van der Waals surface area contributed by atoms with Crippen LogP contribution in [-0.4, -0.2) is 44.7 Å². The number of hydrogen-bond acceptors (Lipinski definition) is 6. The Balaban J connectivity index is 1.37. The monoisotopic (exact) mass is 493 g/mol. The van der Waals surface area contributed by atoms with Crippen LogP contribution in [0.15, 0.2) is 60.9 Å². The average molecular weight is 494 g/mol. The van der Waals surface area contributed by atoms with Crippen molar-refractivity contribution in [3.05, 3.63) is 94.6 Å². The van der Waals surface area contributed by atoms with Crippen LogP contribution in [0.25, 0.3) is 0 Å². The van der Waals surface area contributed by atoms with Gasteiger partial charge in [-0.3, -0.25) is 29.4 Å². The highest BCUT2D eigenvalue weighted by atomic mass is 16.2. The van der Waals surface area contributed by atoms with Crippen molar-refractivity contribution in [2.45, 2.75) is 51.6 Å². The largest absolute Gasteiger partial charge is 0.286 e. The molecule has 2 aromatic heterocycles. The van der Waals surface area contributed by atoms with Crippen molar-refractivity contribution in [1.82, 2.24) is 19.8 Å². The molecule has 0 bridgehead atoms. The fourth-order valence-corrected chi connectivity index (χ4v) is 5.78. The SMILES string of the molecule is Cc1cccnc1[C@H]1C[C@H](C#N)C[C@@H](c2ncccc2C)N1CCCCN1C(=O)c2ccccc2C1=O. The van der Waals surface area contributed by atoms with Crippen molar-refractivity contribution < 1.29 is 9.59 Å². The Morgan fingerprint density at radius 1 is 0.811 bits per heavy atom. The molecule has 7 nitrogen and oxygen atoms in total. The number of carbonyl (C=O) groups is 2. The van der Waals surface area contributed by atoms with Crippen LogP contribution in [0, 0.1) is 31.1 Å². The standard InChI is InChI=1S/C30H31N5O2/c1-20-9-7-13-32-27(20)25-17-22(19-31)18-26(28-21(2)10-8-14-33-28)34(25)15-5-6-16-35-29(36)23-11-3-4-12-24(23)30(35)37/h3-4,7-14,22,25-26H,5-6,15-18H2,1-2H3/t22-,25+,26-. The van der Waals surface area contributed by atoms with E-state index in [0.717, 1.165) is 48.3 Å². The van der Waals surface area contributed by atoms with Crippen molar-refractivity contribution in [1.29, 1.82) is 5.26 Å². The third-order valence-corrected chi connectivity index (χ3v) is 7.66. The molecule has 2 aliphatic rings. The number of amides is 2. The lowest BCUT2D eigenvalue weighted by Crippen LogP contribution is -2.41. The Morgan fingerprint density at radius 2 is 1.32 bits per heavy atom. The van der Waals surface area contributed by atoms with Gasteiger partial charge in [-0.2, -0.15) is 5.26 Å². The fourth-order valence-electron chi connectivity index (χ4n) is 5.78. The number of nitriles is 1. The topological polar surface area (TPSA) is 90.2 Å². The molecule has 0 saturated carbocycles. The molecule has 1 fully saturated rings. The predicted octanol–water partition coefficient (Wildman–Crippen LogP) is 5.19. The molecule has 5 rings (SSSR count). The van der Waals surface area contributed by atoms with Crippen LogP contribution in [0.4, 0.5) is 0 Å². The van der Waals surface area contributed by atoms with Gasteiger partial charge in [-0.15, -0.1) is 0 Å². The molecule has 7 heteroatoms. The van der Waals surface area contributed by atoms with Gasteiger partial charge in [0, 0.05) is 18.9 Å². The average Bonchev–Trinajstić information content (AvgIpc) is 3.16. The van der Waals surface area contributed by atoms with Gasteiger partial charge in [0.2, 0.25) is 0 Å². The zero-order valence-corrected chi connectivity index (χ0v) is 21.3. The van der Waals surface area contributed by atoms with Gasteiger partial charge in [-0.25, -0.2) is 0 Å². The van der Waals surface area contributed by atoms with Crippen LogP contribution in [-0.2, 0) is 0 Å². The second-order valence-electron chi connectivity index (χ2n) is 9.99. The minimum absolute atomic E-state index is 0.00897. The quantitative estimate of drug-likeness (QED) is 0.332. The van der Waals surface area contributed by atoms with E-state index >= 15 is 0 Å². The molecule has 3 aromatic rings. The van der Waals surface area contributed by atoms with Crippen LogP contribution in [0.5, 0.6) is 0 Å². The van der Waals surface area contributed by atoms with E-state index in [-0.39, 0.29) is 29.8 Å². The fraction of sp³-hybridized carbons (Fsp3) is 0.367. The summed E-state index contributed by atoms with van der Waals surface area (Å²) in [6.45, 7) is 5.28. The molecule has 1 aromatic carbocycles. The first kappa shape index (κ1) is 24.8. The molecular formula is C30H31N5O2. The molecule has 4 heterocycles. The number of imide groups is 1. The van der Waals surface area contributed by atoms with Crippen molar-refractivity contribution in [3.63, 3.8) is 0 Å². The summed E-state index contributed by atoms with van der Waals surface area (Å²) in [6, 6.07) is 17.5. The molecule has 188 valence electrons. The van der Waals surface area contributed by atoms with Gasteiger partial charge in [-0.1, -0.05) is 24.3 Å². The third kappa shape index (κ3) is 4.77. The molecule has 0 radical (unpaired) electrons. The summed E-state index contributed by atoms with van der Waals surface area (Å²) in [6.07, 6.45) is 6.57. The van der Waals surface area contributed by atoms with Crippen LogP contribution in [0.3, 0.4) is 0 Å². The third-order valence-electron chi connectivity index (χ3n) is 7.66. The first-order chi connectivity index (χ1) is 18.0. The van der Waals surface area contributed by atoms with Crippen molar-refractivity contribution in [3.8, 4) is 6.07 Å². The van der Waals surface area contributed by atoms with Gasteiger partial charge in [0.1, 0.15) is 0 Å². The summed E-state index contributed by atoms with van der Waals surface area (Å²) < 4.78 is 0. The van der Waals surface area contributed by atoms with E-state index in [4.69, 9.17) is 9.97 Å². The summed E-state index contributed by atoms with van der Waals surface area (Å²) >= 11 is 0. The number of nitrogens with zero attached hydrogens (tertiary/aromatic N) is 5. The highest BCUT2D eigenvalue weighted by Gasteiger charge is 2.40. The number of piperidine rings is 1. The maximum atomic E-state index is 12.8. The zero-order valence-electron chi connectivity index (χ0n) is 21.3. The number of fused-ring (bicyclic) bond motifs is 1. The van der Waals surface area contributed by atoms with Gasteiger partial charge in [0.25, 0.3) is 11.8 Å². The number of likely N-dealkylation sites (tertiary alicyclic amines) is 1. The number of pyridine rings is 2. The molecule has 1 saturated heterocycles. The second-order valence-corrected chi connectivity index (χ2v) is 9.99. The number of unbranched alkanes of at least 4 members (excludes halogenated alkanes) is 1. The Morgan fingerprint density at radius 3 is 1.81 bits per heavy atom. The maximum Gasteiger partial charge on any atom is 0.261 e. The minimum Gasteiger partial charge on any atom is -0.286 e. The lowest BCUT2D eigenvalue weighted by molar-refractivity contribution is 0.0540. The molecule has 2 aliphatic heterocycles. The van der Waals surface area contributed by atoms with Gasteiger partial charge < -0.3 is 0 Å². The zero-order chi connectivity index (χ0) is 25.9. The van der Waals surface area contributed by atoms with Crippen LogP contribution in [0.1, 0.15) is 81.0 Å². The molecule has 37 heavy (non-hydrogen) atoms. The highest BCUT2D eigenvalue weighted by molar-refractivity contribution is 6.21. The van der Waals surface area contributed by atoms with E-state index in [2.05, 4.69) is 36.9 Å². The number of rotatable bonds is 7. The molecule has 3 atom stereocenters. The lowest BCUT2D eigenvalue weighted by atomic mass is 9.82. The maximum absolute atomic E-state index is 12.8. The normalized spacial score (nSPS) is 21.6. The van der Waals surface area contributed by atoms with Gasteiger partial charge >= 0.3 is 0 Å². The first-order valence-electron chi connectivity index (χ1n) is 12.9. The summed E-state index contributed by atoms with van der Waals surface area (Å²) in [5, 5.41) is 9.93.